The molecule has 1 spiro atoms. The van der Waals surface area contributed by atoms with Gasteiger partial charge in [0.15, 0.2) is 0 Å². The molecule has 0 bridgehead atoms. The van der Waals surface area contributed by atoms with Crippen molar-refractivity contribution in [3.8, 4) is 0 Å². The molecule has 1 aromatic carbocycles. The molecule has 1 aliphatic carbocycles. The van der Waals surface area contributed by atoms with Gasteiger partial charge in [0.2, 0.25) is 5.91 Å². The number of amides is 2. The SMILES string of the molecule is Cc1cccc(F)c1N1CC(=O)NC2(CCCC2)C1=O. The summed E-state index contributed by atoms with van der Waals surface area (Å²) in [6, 6.07) is 4.68. The first-order chi connectivity index (χ1) is 9.53. The average Bonchev–Trinajstić information content (AvgIpc) is 2.84. The molecule has 4 nitrogen and oxygen atoms in total. The number of hydrogen-bond donors (Lipinski definition) is 1. The molecule has 1 heterocycles. The number of piperazine rings is 1. The monoisotopic (exact) mass is 276 g/mol. The summed E-state index contributed by atoms with van der Waals surface area (Å²) in [6.45, 7) is 1.64. The van der Waals surface area contributed by atoms with E-state index in [-0.39, 0.29) is 24.0 Å². The molecule has 0 atom stereocenters. The Morgan fingerprint density at radius 3 is 2.60 bits per heavy atom. The highest BCUT2D eigenvalue weighted by Gasteiger charge is 2.49. The molecule has 2 amide bonds. The van der Waals surface area contributed by atoms with E-state index in [1.54, 1.807) is 19.1 Å². The lowest BCUT2D eigenvalue weighted by atomic mass is 9.92. The summed E-state index contributed by atoms with van der Waals surface area (Å²) in [5.74, 6) is -0.849. The van der Waals surface area contributed by atoms with Gasteiger partial charge in [-0.1, -0.05) is 25.0 Å². The van der Waals surface area contributed by atoms with Crippen LogP contribution in [-0.2, 0) is 9.59 Å². The molecular weight excluding hydrogens is 259 g/mol. The van der Waals surface area contributed by atoms with Gasteiger partial charge in [-0.25, -0.2) is 4.39 Å². The number of carbonyl (C=O) groups is 2. The van der Waals surface area contributed by atoms with Crippen LogP contribution in [0.25, 0.3) is 0 Å². The fraction of sp³-hybridized carbons (Fsp3) is 0.467. The van der Waals surface area contributed by atoms with Gasteiger partial charge < -0.3 is 5.32 Å². The van der Waals surface area contributed by atoms with Crippen molar-refractivity contribution >= 4 is 17.5 Å². The summed E-state index contributed by atoms with van der Waals surface area (Å²) in [5.41, 5.74) is 0.0872. The van der Waals surface area contributed by atoms with Crippen LogP contribution in [0, 0.1) is 12.7 Å². The molecule has 0 unspecified atom stereocenters. The van der Waals surface area contributed by atoms with Crippen molar-refractivity contribution in [2.24, 2.45) is 0 Å². The molecule has 106 valence electrons. The van der Waals surface area contributed by atoms with E-state index in [1.807, 2.05) is 0 Å². The first-order valence-electron chi connectivity index (χ1n) is 6.92. The molecule has 1 saturated heterocycles. The average molecular weight is 276 g/mol. The van der Waals surface area contributed by atoms with Crippen molar-refractivity contribution in [1.82, 2.24) is 5.32 Å². The van der Waals surface area contributed by atoms with Crippen LogP contribution in [0.1, 0.15) is 31.2 Å². The fourth-order valence-corrected chi connectivity index (χ4v) is 3.30. The summed E-state index contributed by atoms with van der Waals surface area (Å²) < 4.78 is 14.1. The Morgan fingerprint density at radius 2 is 1.95 bits per heavy atom. The van der Waals surface area contributed by atoms with E-state index >= 15 is 0 Å². The number of anilines is 1. The Labute approximate surface area is 117 Å². The summed E-state index contributed by atoms with van der Waals surface area (Å²) in [6.07, 6.45) is 3.11. The second-order valence-electron chi connectivity index (χ2n) is 5.63. The fourth-order valence-electron chi connectivity index (χ4n) is 3.30. The van der Waals surface area contributed by atoms with E-state index in [4.69, 9.17) is 0 Å². The maximum absolute atomic E-state index is 14.1. The quantitative estimate of drug-likeness (QED) is 0.852. The van der Waals surface area contributed by atoms with Gasteiger partial charge in [-0.2, -0.15) is 0 Å². The molecule has 0 radical (unpaired) electrons. The van der Waals surface area contributed by atoms with E-state index in [1.165, 1.54) is 11.0 Å². The zero-order valence-corrected chi connectivity index (χ0v) is 11.4. The third-order valence-electron chi connectivity index (χ3n) is 4.25. The van der Waals surface area contributed by atoms with Gasteiger partial charge in [-0.3, -0.25) is 14.5 Å². The highest BCUT2D eigenvalue weighted by Crippen LogP contribution is 2.36. The lowest BCUT2D eigenvalue weighted by molar-refractivity contribution is -0.135. The van der Waals surface area contributed by atoms with Gasteiger partial charge in [0.05, 0.1) is 5.69 Å². The molecule has 5 heteroatoms. The van der Waals surface area contributed by atoms with E-state index in [0.717, 1.165) is 12.8 Å². The van der Waals surface area contributed by atoms with Crippen LogP contribution in [0.15, 0.2) is 18.2 Å². The second kappa shape index (κ2) is 4.58. The van der Waals surface area contributed by atoms with Crippen LogP contribution >= 0.6 is 0 Å². The topological polar surface area (TPSA) is 49.4 Å². The van der Waals surface area contributed by atoms with Gasteiger partial charge in [-0.15, -0.1) is 0 Å². The number of aryl methyl sites for hydroxylation is 1. The highest BCUT2D eigenvalue weighted by atomic mass is 19.1. The Hall–Kier alpha value is -1.91. The van der Waals surface area contributed by atoms with Crippen LogP contribution in [0.4, 0.5) is 10.1 Å². The number of benzene rings is 1. The largest absolute Gasteiger partial charge is 0.340 e. The Bertz CT molecular complexity index is 559. The number of halogens is 1. The normalized spacial score (nSPS) is 21.4. The predicted molar refractivity (Wildman–Crippen MR) is 72.8 cm³/mol. The smallest absolute Gasteiger partial charge is 0.253 e. The van der Waals surface area contributed by atoms with Crippen LogP contribution in [-0.4, -0.2) is 23.9 Å². The molecule has 1 aromatic rings. The summed E-state index contributed by atoms with van der Waals surface area (Å²) in [5, 5.41) is 2.83. The third kappa shape index (κ3) is 1.88. The molecule has 0 aromatic heterocycles. The zero-order chi connectivity index (χ0) is 14.3. The van der Waals surface area contributed by atoms with Crippen molar-refractivity contribution in [2.45, 2.75) is 38.1 Å². The minimum atomic E-state index is -0.815. The van der Waals surface area contributed by atoms with Crippen LogP contribution in [0.2, 0.25) is 0 Å². The minimum absolute atomic E-state index is 0.109. The van der Waals surface area contributed by atoms with Crippen molar-refractivity contribution in [2.75, 3.05) is 11.4 Å². The molecule has 2 aliphatic rings. The van der Waals surface area contributed by atoms with Crippen molar-refractivity contribution < 1.29 is 14.0 Å². The molecule has 20 heavy (non-hydrogen) atoms. The Morgan fingerprint density at radius 1 is 1.25 bits per heavy atom. The second-order valence-corrected chi connectivity index (χ2v) is 5.63. The number of nitrogens with zero attached hydrogens (tertiary/aromatic N) is 1. The Balaban J connectivity index is 2.04. The summed E-state index contributed by atoms with van der Waals surface area (Å²) in [4.78, 5) is 26.0. The van der Waals surface area contributed by atoms with Crippen molar-refractivity contribution in [3.63, 3.8) is 0 Å². The van der Waals surface area contributed by atoms with Crippen LogP contribution in [0.5, 0.6) is 0 Å². The maximum Gasteiger partial charge on any atom is 0.253 e. The van der Waals surface area contributed by atoms with Crippen LogP contribution in [0.3, 0.4) is 0 Å². The number of rotatable bonds is 1. The van der Waals surface area contributed by atoms with Gasteiger partial charge >= 0.3 is 0 Å². The van der Waals surface area contributed by atoms with Crippen molar-refractivity contribution in [3.05, 3.63) is 29.6 Å². The summed E-state index contributed by atoms with van der Waals surface area (Å²) in [7, 11) is 0. The lowest BCUT2D eigenvalue weighted by Gasteiger charge is -2.40. The van der Waals surface area contributed by atoms with Gasteiger partial charge in [-0.05, 0) is 31.4 Å². The van der Waals surface area contributed by atoms with E-state index in [2.05, 4.69) is 5.32 Å². The standard InChI is InChI=1S/C15H17FN2O2/c1-10-5-4-6-11(16)13(10)18-9-12(19)17-15(14(18)20)7-2-3-8-15/h4-6H,2-3,7-9H2,1H3,(H,17,19). The molecule has 1 saturated carbocycles. The molecule has 1 aliphatic heterocycles. The van der Waals surface area contributed by atoms with Gasteiger partial charge in [0.25, 0.3) is 5.91 Å². The minimum Gasteiger partial charge on any atom is -0.340 e. The lowest BCUT2D eigenvalue weighted by Crippen LogP contribution is -2.66. The van der Waals surface area contributed by atoms with Gasteiger partial charge in [0.1, 0.15) is 17.9 Å². The first-order valence-corrected chi connectivity index (χ1v) is 6.92. The van der Waals surface area contributed by atoms with E-state index in [9.17, 15) is 14.0 Å². The third-order valence-corrected chi connectivity index (χ3v) is 4.25. The first kappa shape index (κ1) is 13.1. The maximum atomic E-state index is 14.1. The highest BCUT2D eigenvalue weighted by molar-refractivity contribution is 6.09. The molecule has 2 fully saturated rings. The number of carbonyl (C=O) groups excluding carboxylic acids is 2. The molecular formula is C15H17FN2O2. The van der Waals surface area contributed by atoms with Crippen molar-refractivity contribution in [1.29, 1.82) is 0 Å². The number of para-hydroxylation sites is 1. The molecule has 3 rings (SSSR count). The number of nitrogens with one attached hydrogen (secondary N) is 1. The van der Waals surface area contributed by atoms with E-state index in [0.29, 0.717) is 18.4 Å². The molecule has 1 N–H and O–H groups in total. The summed E-state index contributed by atoms with van der Waals surface area (Å²) >= 11 is 0. The van der Waals surface area contributed by atoms with Crippen LogP contribution < -0.4 is 10.2 Å². The van der Waals surface area contributed by atoms with Gasteiger partial charge in [0, 0.05) is 0 Å². The predicted octanol–water partition coefficient (Wildman–Crippen LogP) is 1.91. The zero-order valence-electron chi connectivity index (χ0n) is 11.4. The Kier molecular flexibility index (Phi) is 3.00. The number of hydrogen-bond acceptors (Lipinski definition) is 2. The van der Waals surface area contributed by atoms with E-state index < -0.39 is 11.4 Å².